The summed E-state index contributed by atoms with van der Waals surface area (Å²) in [6.45, 7) is 3.55. The molecule has 98 valence electrons. The van der Waals surface area contributed by atoms with E-state index in [4.69, 9.17) is 9.47 Å². The molecular weight excluding hydrogens is 232 g/mol. The molecule has 1 atom stereocenters. The van der Waals surface area contributed by atoms with Crippen molar-refractivity contribution in [3.05, 3.63) is 24.5 Å². The molecule has 1 saturated heterocycles. The minimum atomic E-state index is -0.250. The van der Waals surface area contributed by atoms with Crippen LogP contribution in [0.4, 0.5) is 4.79 Å². The summed E-state index contributed by atoms with van der Waals surface area (Å²) >= 11 is 0. The topological polar surface area (TPSA) is 51.7 Å². The van der Waals surface area contributed by atoms with Gasteiger partial charge in [0.25, 0.3) is 0 Å². The van der Waals surface area contributed by atoms with Crippen LogP contribution in [0.5, 0.6) is 5.75 Å². The van der Waals surface area contributed by atoms with E-state index in [2.05, 4.69) is 4.98 Å². The Morgan fingerprint density at radius 2 is 2.28 bits per heavy atom. The monoisotopic (exact) mass is 250 g/mol. The lowest BCUT2D eigenvalue weighted by Gasteiger charge is -2.32. The van der Waals surface area contributed by atoms with Crippen molar-refractivity contribution in [1.82, 2.24) is 9.88 Å². The average Bonchev–Trinajstić information content (AvgIpc) is 2.40. The molecule has 0 saturated carbocycles. The van der Waals surface area contributed by atoms with Crippen LogP contribution in [0.15, 0.2) is 24.5 Å². The van der Waals surface area contributed by atoms with Gasteiger partial charge in [-0.3, -0.25) is 4.98 Å². The van der Waals surface area contributed by atoms with Crippen LogP contribution in [-0.2, 0) is 4.74 Å². The first kappa shape index (κ1) is 12.7. The van der Waals surface area contributed by atoms with Crippen LogP contribution in [-0.4, -0.2) is 41.8 Å². The lowest BCUT2D eigenvalue weighted by atomic mass is 10.1. The van der Waals surface area contributed by atoms with Gasteiger partial charge in [0.2, 0.25) is 0 Å². The van der Waals surface area contributed by atoms with Gasteiger partial charge in [-0.05, 0) is 31.9 Å². The Labute approximate surface area is 107 Å². The number of piperidine rings is 1. The van der Waals surface area contributed by atoms with Crippen molar-refractivity contribution in [2.24, 2.45) is 0 Å². The maximum absolute atomic E-state index is 11.6. The zero-order chi connectivity index (χ0) is 12.8. The molecule has 0 spiro atoms. The molecule has 2 heterocycles. The van der Waals surface area contributed by atoms with Crippen LogP contribution >= 0.6 is 0 Å². The fourth-order valence-electron chi connectivity index (χ4n) is 2.02. The van der Waals surface area contributed by atoms with Gasteiger partial charge in [-0.25, -0.2) is 4.79 Å². The number of likely N-dealkylation sites (tertiary alicyclic amines) is 1. The summed E-state index contributed by atoms with van der Waals surface area (Å²) in [4.78, 5) is 17.3. The Morgan fingerprint density at radius 1 is 1.50 bits per heavy atom. The smallest absolute Gasteiger partial charge is 0.409 e. The third-order valence-corrected chi connectivity index (χ3v) is 2.86. The average molecular weight is 250 g/mol. The highest BCUT2D eigenvalue weighted by molar-refractivity contribution is 5.67. The predicted octanol–water partition coefficient (Wildman–Crippen LogP) is 2.08. The number of amides is 1. The minimum Gasteiger partial charge on any atom is -0.488 e. The van der Waals surface area contributed by atoms with Crippen LogP contribution in [0.1, 0.15) is 19.8 Å². The van der Waals surface area contributed by atoms with Crippen molar-refractivity contribution in [3.63, 3.8) is 0 Å². The van der Waals surface area contributed by atoms with E-state index in [1.165, 1.54) is 0 Å². The quantitative estimate of drug-likeness (QED) is 0.824. The van der Waals surface area contributed by atoms with E-state index in [-0.39, 0.29) is 12.2 Å². The van der Waals surface area contributed by atoms with Crippen molar-refractivity contribution >= 4 is 6.09 Å². The molecular formula is C13H18N2O3. The van der Waals surface area contributed by atoms with Gasteiger partial charge >= 0.3 is 6.09 Å². The van der Waals surface area contributed by atoms with Crippen molar-refractivity contribution in [2.75, 3.05) is 19.7 Å². The molecule has 18 heavy (non-hydrogen) atoms. The summed E-state index contributed by atoms with van der Waals surface area (Å²) < 4.78 is 10.8. The van der Waals surface area contributed by atoms with Crippen LogP contribution in [0.3, 0.4) is 0 Å². The molecule has 1 fully saturated rings. The maximum Gasteiger partial charge on any atom is 0.409 e. The van der Waals surface area contributed by atoms with Gasteiger partial charge in [0, 0.05) is 18.9 Å². The lowest BCUT2D eigenvalue weighted by Crippen LogP contribution is -2.44. The van der Waals surface area contributed by atoms with Crippen molar-refractivity contribution in [3.8, 4) is 5.75 Å². The first-order valence-corrected chi connectivity index (χ1v) is 6.28. The zero-order valence-corrected chi connectivity index (χ0v) is 10.5. The van der Waals surface area contributed by atoms with Gasteiger partial charge in [0.05, 0.1) is 13.2 Å². The summed E-state index contributed by atoms with van der Waals surface area (Å²) in [5.74, 6) is 0.792. The van der Waals surface area contributed by atoms with Crippen molar-refractivity contribution in [2.45, 2.75) is 25.9 Å². The molecule has 5 heteroatoms. The molecule has 0 radical (unpaired) electrons. The normalized spacial score (nSPS) is 19.4. The Morgan fingerprint density at radius 3 is 3.00 bits per heavy atom. The molecule has 2 rings (SSSR count). The second-order valence-electron chi connectivity index (χ2n) is 4.21. The molecule has 0 aliphatic carbocycles. The summed E-state index contributed by atoms with van der Waals surface area (Å²) in [6.07, 6.45) is 5.07. The molecule has 1 amide bonds. The summed E-state index contributed by atoms with van der Waals surface area (Å²) in [5, 5.41) is 0. The number of aromatic nitrogens is 1. The number of carbonyl (C=O) groups excluding carboxylic acids is 1. The molecule has 5 nitrogen and oxygen atoms in total. The SMILES string of the molecule is CCOC(=O)N1CCCC(Oc2ccncc2)C1. The van der Waals surface area contributed by atoms with E-state index in [0.717, 1.165) is 25.1 Å². The highest BCUT2D eigenvalue weighted by Crippen LogP contribution is 2.18. The molecule has 1 aliphatic heterocycles. The zero-order valence-electron chi connectivity index (χ0n) is 10.5. The first-order valence-electron chi connectivity index (χ1n) is 6.28. The number of rotatable bonds is 3. The Kier molecular flexibility index (Phi) is 4.39. The molecule has 0 aromatic carbocycles. The van der Waals surface area contributed by atoms with Gasteiger partial charge in [0.1, 0.15) is 11.9 Å². The van der Waals surface area contributed by atoms with Crippen LogP contribution < -0.4 is 4.74 Å². The Balaban J connectivity index is 1.89. The molecule has 0 N–H and O–H groups in total. The fourth-order valence-corrected chi connectivity index (χ4v) is 2.02. The van der Waals surface area contributed by atoms with Crippen molar-refractivity contribution in [1.29, 1.82) is 0 Å². The Hall–Kier alpha value is -1.78. The maximum atomic E-state index is 11.6. The van der Waals surface area contributed by atoms with Crippen molar-refractivity contribution < 1.29 is 14.3 Å². The van der Waals surface area contributed by atoms with Gasteiger partial charge < -0.3 is 14.4 Å². The second kappa shape index (κ2) is 6.23. The van der Waals surface area contributed by atoms with E-state index < -0.39 is 0 Å². The summed E-state index contributed by atoms with van der Waals surface area (Å²) in [6, 6.07) is 3.65. The van der Waals surface area contributed by atoms with E-state index >= 15 is 0 Å². The predicted molar refractivity (Wildman–Crippen MR) is 66.5 cm³/mol. The fraction of sp³-hybridized carbons (Fsp3) is 0.538. The summed E-state index contributed by atoms with van der Waals surface area (Å²) in [5.41, 5.74) is 0. The van der Waals surface area contributed by atoms with E-state index in [1.807, 2.05) is 19.1 Å². The van der Waals surface area contributed by atoms with E-state index in [1.54, 1.807) is 17.3 Å². The number of carbonyl (C=O) groups is 1. The molecule has 1 aliphatic rings. The lowest BCUT2D eigenvalue weighted by molar-refractivity contribution is 0.0611. The largest absolute Gasteiger partial charge is 0.488 e. The van der Waals surface area contributed by atoms with Crippen LogP contribution in [0.25, 0.3) is 0 Å². The van der Waals surface area contributed by atoms with Crippen LogP contribution in [0, 0.1) is 0 Å². The highest BCUT2D eigenvalue weighted by atomic mass is 16.6. The van der Waals surface area contributed by atoms with Gasteiger partial charge in [0.15, 0.2) is 0 Å². The minimum absolute atomic E-state index is 0.0329. The number of hydrogen-bond donors (Lipinski definition) is 0. The van der Waals surface area contributed by atoms with Gasteiger partial charge in [-0.2, -0.15) is 0 Å². The number of pyridine rings is 1. The third-order valence-electron chi connectivity index (χ3n) is 2.86. The Bertz CT molecular complexity index is 383. The van der Waals surface area contributed by atoms with Gasteiger partial charge in [-0.1, -0.05) is 0 Å². The molecule has 1 aromatic heterocycles. The van der Waals surface area contributed by atoms with Gasteiger partial charge in [-0.15, -0.1) is 0 Å². The molecule has 0 bridgehead atoms. The third kappa shape index (κ3) is 3.35. The molecule has 1 unspecified atom stereocenters. The number of hydrogen-bond acceptors (Lipinski definition) is 4. The van der Waals surface area contributed by atoms with E-state index in [0.29, 0.717) is 13.2 Å². The number of ether oxygens (including phenoxy) is 2. The first-order chi connectivity index (χ1) is 8.79. The second-order valence-corrected chi connectivity index (χ2v) is 4.21. The number of nitrogens with zero attached hydrogens (tertiary/aromatic N) is 2. The van der Waals surface area contributed by atoms with Crippen LogP contribution in [0.2, 0.25) is 0 Å². The summed E-state index contributed by atoms with van der Waals surface area (Å²) in [7, 11) is 0. The molecule has 1 aromatic rings. The standard InChI is InChI=1S/C13H18N2O3/c1-2-17-13(16)15-9-3-4-12(10-15)18-11-5-7-14-8-6-11/h5-8,12H,2-4,9-10H2,1H3. The highest BCUT2D eigenvalue weighted by Gasteiger charge is 2.25. The van der Waals surface area contributed by atoms with E-state index in [9.17, 15) is 4.79 Å².